The Labute approximate surface area is 75.9 Å². The monoisotopic (exact) mass is 219 g/mol. The highest BCUT2D eigenvalue weighted by Gasteiger charge is 2.24. The van der Waals surface area contributed by atoms with Crippen LogP contribution in [0.25, 0.3) is 0 Å². The molecule has 0 aliphatic heterocycles. The van der Waals surface area contributed by atoms with Gasteiger partial charge in [0.2, 0.25) is 5.91 Å². The van der Waals surface area contributed by atoms with E-state index < -0.39 is 0 Å². The highest BCUT2D eigenvalue weighted by Crippen LogP contribution is 2.29. The van der Waals surface area contributed by atoms with Crippen LogP contribution in [-0.4, -0.2) is 17.3 Å². The van der Waals surface area contributed by atoms with Gasteiger partial charge in [-0.1, -0.05) is 22.4 Å². The fraction of sp³-hybridized carbons (Fsp3) is 0.875. The molecule has 64 valence electrons. The lowest BCUT2D eigenvalue weighted by molar-refractivity contribution is -0.119. The van der Waals surface area contributed by atoms with Gasteiger partial charge in [-0.2, -0.15) is 0 Å². The van der Waals surface area contributed by atoms with Gasteiger partial charge in [-0.05, 0) is 25.7 Å². The molecular weight excluding hydrogens is 206 g/mol. The summed E-state index contributed by atoms with van der Waals surface area (Å²) < 4.78 is 0. The van der Waals surface area contributed by atoms with E-state index in [1.54, 1.807) is 0 Å². The third-order valence-electron chi connectivity index (χ3n) is 2.37. The number of amides is 1. The molecule has 1 fully saturated rings. The van der Waals surface area contributed by atoms with Crippen molar-refractivity contribution in [1.29, 1.82) is 0 Å². The van der Waals surface area contributed by atoms with Crippen molar-refractivity contribution >= 4 is 21.8 Å². The van der Waals surface area contributed by atoms with Crippen molar-refractivity contribution in [1.82, 2.24) is 5.32 Å². The van der Waals surface area contributed by atoms with Gasteiger partial charge >= 0.3 is 0 Å². The number of alkyl halides is 1. The summed E-state index contributed by atoms with van der Waals surface area (Å²) in [6.45, 7) is 2.09. The summed E-state index contributed by atoms with van der Waals surface area (Å²) in [6.07, 6.45) is 3.90. The quantitative estimate of drug-likeness (QED) is 0.720. The van der Waals surface area contributed by atoms with E-state index in [2.05, 4.69) is 28.2 Å². The Hall–Kier alpha value is -0.0500. The molecule has 1 aliphatic rings. The summed E-state index contributed by atoms with van der Waals surface area (Å²) in [4.78, 5) is 10.9. The maximum Gasteiger partial charge on any atom is 0.230 e. The molecule has 0 bridgehead atoms. The number of hydrogen-bond acceptors (Lipinski definition) is 1. The number of halogens is 1. The van der Waals surface area contributed by atoms with Gasteiger partial charge in [0, 0.05) is 6.04 Å². The lowest BCUT2D eigenvalue weighted by Gasteiger charge is -2.31. The lowest BCUT2D eigenvalue weighted by Crippen LogP contribution is -2.41. The predicted molar refractivity (Wildman–Crippen MR) is 48.7 cm³/mol. The van der Waals surface area contributed by atoms with Crippen LogP contribution in [0.3, 0.4) is 0 Å². The standard InChI is InChI=1S/C8H14BrNO/c1-6(7-3-2-4-7)10-8(11)5-9/h6-7H,2-5H2,1H3,(H,10,11). The minimum atomic E-state index is 0.101. The second-order valence-electron chi connectivity index (χ2n) is 3.18. The van der Waals surface area contributed by atoms with Crippen molar-refractivity contribution in [2.75, 3.05) is 5.33 Å². The minimum absolute atomic E-state index is 0.101. The molecule has 0 aromatic carbocycles. The number of nitrogens with one attached hydrogen (secondary N) is 1. The summed E-state index contributed by atoms with van der Waals surface area (Å²) in [5.74, 6) is 0.836. The van der Waals surface area contributed by atoms with Gasteiger partial charge in [0.25, 0.3) is 0 Å². The Morgan fingerprint density at radius 1 is 1.73 bits per heavy atom. The molecule has 0 aromatic rings. The molecule has 3 heteroatoms. The Kier molecular flexibility index (Phi) is 3.37. The molecule has 1 atom stereocenters. The Balaban J connectivity index is 2.19. The van der Waals surface area contributed by atoms with E-state index in [9.17, 15) is 4.79 Å². The van der Waals surface area contributed by atoms with E-state index in [-0.39, 0.29) is 5.91 Å². The lowest BCUT2D eigenvalue weighted by atomic mass is 9.80. The van der Waals surface area contributed by atoms with Crippen LogP contribution < -0.4 is 5.32 Å². The average Bonchev–Trinajstić information content (AvgIpc) is 1.83. The largest absolute Gasteiger partial charge is 0.353 e. The number of rotatable bonds is 3. The number of carbonyl (C=O) groups is 1. The fourth-order valence-electron chi connectivity index (χ4n) is 1.35. The van der Waals surface area contributed by atoms with Gasteiger partial charge in [0.15, 0.2) is 0 Å². The van der Waals surface area contributed by atoms with Crippen molar-refractivity contribution in [2.45, 2.75) is 32.2 Å². The fourth-order valence-corrected chi connectivity index (χ4v) is 1.51. The molecule has 1 aliphatic carbocycles. The molecule has 0 radical (unpaired) electrons. The van der Waals surface area contributed by atoms with Crippen molar-refractivity contribution in [3.63, 3.8) is 0 Å². The molecule has 1 amide bonds. The van der Waals surface area contributed by atoms with Crippen LogP contribution in [0.5, 0.6) is 0 Å². The second kappa shape index (κ2) is 4.10. The predicted octanol–water partition coefficient (Wildman–Crippen LogP) is 1.69. The van der Waals surface area contributed by atoms with Crippen molar-refractivity contribution in [3.05, 3.63) is 0 Å². The summed E-state index contributed by atoms with van der Waals surface area (Å²) >= 11 is 3.12. The first-order chi connectivity index (χ1) is 5.24. The summed E-state index contributed by atoms with van der Waals surface area (Å²) in [5.41, 5.74) is 0. The van der Waals surface area contributed by atoms with Crippen LogP contribution in [0.2, 0.25) is 0 Å². The Morgan fingerprint density at radius 3 is 2.73 bits per heavy atom. The van der Waals surface area contributed by atoms with Crippen molar-refractivity contribution in [2.24, 2.45) is 5.92 Å². The molecule has 1 saturated carbocycles. The Bertz CT molecular complexity index is 145. The Morgan fingerprint density at radius 2 is 2.36 bits per heavy atom. The number of carbonyl (C=O) groups excluding carboxylic acids is 1. The zero-order valence-electron chi connectivity index (χ0n) is 6.77. The van der Waals surface area contributed by atoms with Gasteiger partial charge in [-0.15, -0.1) is 0 Å². The summed E-state index contributed by atoms with van der Waals surface area (Å²) in [5, 5.41) is 3.37. The molecule has 0 heterocycles. The van der Waals surface area contributed by atoms with Crippen LogP contribution >= 0.6 is 15.9 Å². The normalized spacial score (nSPS) is 20.5. The zero-order chi connectivity index (χ0) is 8.27. The topological polar surface area (TPSA) is 29.1 Å². The van der Waals surface area contributed by atoms with Crippen LogP contribution in [0.1, 0.15) is 26.2 Å². The molecule has 11 heavy (non-hydrogen) atoms. The highest BCUT2D eigenvalue weighted by molar-refractivity contribution is 9.09. The minimum Gasteiger partial charge on any atom is -0.353 e. The molecule has 1 rings (SSSR count). The second-order valence-corrected chi connectivity index (χ2v) is 3.74. The van der Waals surface area contributed by atoms with E-state index in [1.807, 2.05) is 0 Å². The number of hydrogen-bond donors (Lipinski definition) is 1. The first-order valence-corrected chi connectivity index (χ1v) is 5.21. The van der Waals surface area contributed by atoms with E-state index in [0.717, 1.165) is 5.92 Å². The van der Waals surface area contributed by atoms with E-state index in [4.69, 9.17) is 0 Å². The SMILES string of the molecule is CC(NC(=O)CBr)C1CCC1. The third-order valence-corrected chi connectivity index (χ3v) is 2.88. The zero-order valence-corrected chi connectivity index (χ0v) is 8.36. The van der Waals surface area contributed by atoms with Gasteiger partial charge in [0.1, 0.15) is 0 Å². The molecule has 1 unspecified atom stereocenters. The molecule has 0 spiro atoms. The van der Waals surface area contributed by atoms with Gasteiger partial charge in [-0.3, -0.25) is 4.79 Å². The van der Waals surface area contributed by atoms with Crippen LogP contribution in [0.15, 0.2) is 0 Å². The summed E-state index contributed by atoms with van der Waals surface area (Å²) in [7, 11) is 0. The molecule has 0 aromatic heterocycles. The molecule has 0 saturated heterocycles. The molecule has 1 N–H and O–H groups in total. The van der Waals surface area contributed by atoms with Crippen LogP contribution in [0, 0.1) is 5.92 Å². The van der Waals surface area contributed by atoms with E-state index in [1.165, 1.54) is 19.3 Å². The molecule has 2 nitrogen and oxygen atoms in total. The maximum atomic E-state index is 10.9. The van der Waals surface area contributed by atoms with Gasteiger partial charge < -0.3 is 5.32 Å². The first-order valence-electron chi connectivity index (χ1n) is 4.09. The molecular formula is C8H14BrNO. The van der Waals surface area contributed by atoms with E-state index in [0.29, 0.717) is 11.4 Å². The summed E-state index contributed by atoms with van der Waals surface area (Å²) in [6, 6.07) is 0.369. The average molecular weight is 220 g/mol. The third kappa shape index (κ3) is 2.47. The van der Waals surface area contributed by atoms with Gasteiger partial charge in [0.05, 0.1) is 5.33 Å². The first kappa shape index (κ1) is 9.04. The highest BCUT2D eigenvalue weighted by atomic mass is 79.9. The van der Waals surface area contributed by atoms with Crippen molar-refractivity contribution < 1.29 is 4.79 Å². The van der Waals surface area contributed by atoms with Crippen molar-refractivity contribution in [3.8, 4) is 0 Å². The van der Waals surface area contributed by atoms with Gasteiger partial charge in [-0.25, -0.2) is 0 Å². The maximum absolute atomic E-state index is 10.9. The smallest absolute Gasteiger partial charge is 0.230 e. The van der Waals surface area contributed by atoms with E-state index >= 15 is 0 Å². The van der Waals surface area contributed by atoms with Crippen LogP contribution in [0.4, 0.5) is 0 Å². The van der Waals surface area contributed by atoms with Crippen LogP contribution in [-0.2, 0) is 4.79 Å².